The lowest BCUT2D eigenvalue weighted by molar-refractivity contribution is 1.40. The Bertz CT molecular complexity index is 484. The van der Waals surface area contributed by atoms with Gasteiger partial charge in [0.15, 0.2) is 5.82 Å². The first-order valence-corrected chi connectivity index (χ1v) is 5.66. The molecule has 0 amide bonds. The summed E-state index contributed by atoms with van der Waals surface area (Å²) in [6, 6.07) is 5.39. The van der Waals surface area contributed by atoms with Crippen LogP contribution in [0.1, 0.15) is 0 Å². The molecule has 78 valence electrons. The van der Waals surface area contributed by atoms with Crippen LogP contribution < -0.4 is 5.32 Å². The van der Waals surface area contributed by atoms with Crippen LogP contribution in [0.25, 0.3) is 11.3 Å². The van der Waals surface area contributed by atoms with Crippen LogP contribution in [-0.4, -0.2) is 15.8 Å². The molecule has 0 aliphatic heterocycles. The molecule has 1 N–H and O–H groups in total. The second-order valence-corrected chi connectivity index (χ2v) is 4.18. The molecule has 2 aromatic rings. The van der Waals surface area contributed by atoms with Crippen molar-refractivity contribution in [3.05, 3.63) is 28.2 Å². The molecule has 0 saturated carbocycles. The molecular weight excluding hydrogens is 253 g/mol. The summed E-state index contributed by atoms with van der Waals surface area (Å²) in [5.74, 6) is 0.749. The smallest absolute Gasteiger partial charge is 0.167 e. The fraction of sp³-hybridized carbons (Fsp3) is 0.111. The van der Waals surface area contributed by atoms with Gasteiger partial charge in [-0.3, -0.25) is 0 Å². The third-order valence-electron chi connectivity index (χ3n) is 1.92. The van der Waals surface area contributed by atoms with E-state index in [9.17, 15) is 0 Å². The summed E-state index contributed by atoms with van der Waals surface area (Å²) in [6.07, 6.45) is 0. The number of halogens is 2. The van der Waals surface area contributed by atoms with Crippen molar-refractivity contribution in [2.24, 2.45) is 0 Å². The van der Waals surface area contributed by atoms with Crippen molar-refractivity contribution in [3.63, 3.8) is 0 Å². The molecule has 1 aromatic carbocycles. The Hall–Kier alpha value is -0.840. The van der Waals surface area contributed by atoms with Crippen LogP contribution in [0.15, 0.2) is 18.2 Å². The molecule has 0 aliphatic rings. The van der Waals surface area contributed by atoms with Gasteiger partial charge in [0, 0.05) is 12.6 Å². The molecule has 6 heteroatoms. The summed E-state index contributed by atoms with van der Waals surface area (Å²) in [5, 5.41) is 4.02. The monoisotopic (exact) mass is 259 g/mol. The molecule has 0 radical (unpaired) electrons. The molecule has 0 unspecified atom stereocenters. The van der Waals surface area contributed by atoms with Gasteiger partial charge in [-0.15, -0.1) is 0 Å². The normalized spacial score (nSPS) is 10.3. The van der Waals surface area contributed by atoms with Crippen molar-refractivity contribution in [1.82, 2.24) is 8.75 Å². The highest BCUT2D eigenvalue weighted by molar-refractivity contribution is 6.99. The molecule has 0 aliphatic carbocycles. The topological polar surface area (TPSA) is 37.8 Å². The van der Waals surface area contributed by atoms with E-state index in [2.05, 4.69) is 14.1 Å². The summed E-state index contributed by atoms with van der Waals surface area (Å²) in [5.41, 5.74) is 1.70. The van der Waals surface area contributed by atoms with Crippen LogP contribution in [0.5, 0.6) is 0 Å². The standard InChI is InChI=1S/C9H7Cl2N3S/c1-12-9-8(13-15-14-9)5-2-3-6(10)7(11)4-5/h2-4H,1H3,(H,12,14). The summed E-state index contributed by atoms with van der Waals surface area (Å²) in [6.45, 7) is 0. The zero-order valence-electron chi connectivity index (χ0n) is 7.79. The van der Waals surface area contributed by atoms with Crippen LogP contribution in [0, 0.1) is 0 Å². The van der Waals surface area contributed by atoms with Crippen molar-refractivity contribution < 1.29 is 0 Å². The molecule has 15 heavy (non-hydrogen) atoms. The van der Waals surface area contributed by atoms with Gasteiger partial charge in [0.25, 0.3) is 0 Å². The number of hydrogen-bond donors (Lipinski definition) is 1. The van der Waals surface area contributed by atoms with Gasteiger partial charge >= 0.3 is 0 Å². The van der Waals surface area contributed by atoms with Crippen molar-refractivity contribution in [1.29, 1.82) is 0 Å². The van der Waals surface area contributed by atoms with Gasteiger partial charge in [0.05, 0.1) is 21.8 Å². The maximum Gasteiger partial charge on any atom is 0.167 e. The number of anilines is 1. The lowest BCUT2D eigenvalue weighted by atomic mass is 10.1. The zero-order chi connectivity index (χ0) is 10.8. The van der Waals surface area contributed by atoms with E-state index in [-0.39, 0.29) is 0 Å². The fourth-order valence-electron chi connectivity index (χ4n) is 1.19. The minimum absolute atomic E-state index is 0.518. The lowest BCUT2D eigenvalue weighted by Gasteiger charge is -2.01. The minimum atomic E-state index is 0.518. The number of aromatic nitrogens is 2. The molecule has 2 rings (SSSR count). The molecule has 0 saturated heterocycles. The van der Waals surface area contributed by atoms with E-state index < -0.39 is 0 Å². The van der Waals surface area contributed by atoms with E-state index in [1.54, 1.807) is 19.2 Å². The van der Waals surface area contributed by atoms with Gasteiger partial charge in [-0.1, -0.05) is 29.3 Å². The molecule has 0 atom stereocenters. The van der Waals surface area contributed by atoms with E-state index >= 15 is 0 Å². The van der Waals surface area contributed by atoms with Gasteiger partial charge < -0.3 is 5.32 Å². The highest BCUT2D eigenvalue weighted by atomic mass is 35.5. The minimum Gasteiger partial charge on any atom is -0.370 e. The first kappa shape index (κ1) is 10.7. The van der Waals surface area contributed by atoms with Crippen molar-refractivity contribution in [3.8, 4) is 11.3 Å². The van der Waals surface area contributed by atoms with Crippen molar-refractivity contribution in [2.45, 2.75) is 0 Å². The van der Waals surface area contributed by atoms with Gasteiger partial charge in [-0.05, 0) is 12.1 Å². The quantitative estimate of drug-likeness (QED) is 0.897. The first-order valence-electron chi connectivity index (χ1n) is 4.18. The summed E-state index contributed by atoms with van der Waals surface area (Å²) in [4.78, 5) is 0. The van der Waals surface area contributed by atoms with E-state index in [0.717, 1.165) is 28.8 Å². The Balaban J connectivity index is 2.50. The molecule has 0 spiro atoms. The Morgan fingerprint density at radius 1 is 1.20 bits per heavy atom. The van der Waals surface area contributed by atoms with Crippen LogP contribution in [-0.2, 0) is 0 Å². The van der Waals surface area contributed by atoms with Gasteiger partial charge in [-0.2, -0.15) is 8.75 Å². The predicted molar refractivity (Wildman–Crippen MR) is 64.9 cm³/mol. The first-order chi connectivity index (χ1) is 7.22. The van der Waals surface area contributed by atoms with Crippen molar-refractivity contribution in [2.75, 3.05) is 12.4 Å². The Labute approximate surface area is 101 Å². The third kappa shape index (κ3) is 2.07. The van der Waals surface area contributed by atoms with E-state index in [1.807, 2.05) is 6.07 Å². The predicted octanol–water partition coefficient (Wildman–Crippen LogP) is 3.55. The maximum atomic E-state index is 5.93. The zero-order valence-corrected chi connectivity index (χ0v) is 10.1. The Morgan fingerprint density at radius 3 is 2.67 bits per heavy atom. The second kappa shape index (κ2) is 4.35. The largest absolute Gasteiger partial charge is 0.370 e. The van der Waals surface area contributed by atoms with Gasteiger partial charge in [0.1, 0.15) is 5.69 Å². The SMILES string of the molecule is CNc1nsnc1-c1ccc(Cl)c(Cl)c1. The number of rotatable bonds is 2. The number of nitrogens with zero attached hydrogens (tertiary/aromatic N) is 2. The highest BCUT2D eigenvalue weighted by Crippen LogP contribution is 2.31. The van der Waals surface area contributed by atoms with Gasteiger partial charge in [0.2, 0.25) is 0 Å². The average molecular weight is 260 g/mol. The molecule has 3 nitrogen and oxygen atoms in total. The van der Waals surface area contributed by atoms with E-state index in [0.29, 0.717) is 10.0 Å². The number of benzene rings is 1. The Kier molecular flexibility index (Phi) is 3.09. The second-order valence-electron chi connectivity index (χ2n) is 2.84. The van der Waals surface area contributed by atoms with Crippen LogP contribution in [0.2, 0.25) is 10.0 Å². The molecule has 0 bridgehead atoms. The van der Waals surface area contributed by atoms with Crippen molar-refractivity contribution >= 4 is 40.7 Å². The van der Waals surface area contributed by atoms with E-state index in [4.69, 9.17) is 23.2 Å². The van der Waals surface area contributed by atoms with Gasteiger partial charge in [-0.25, -0.2) is 0 Å². The van der Waals surface area contributed by atoms with E-state index in [1.165, 1.54) is 0 Å². The fourth-order valence-corrected chi connectivity index (χ4v) is 2.06. The number of hydrogen-bond acceptors (Lipinski definition) is 4. The highest BCUT2D eigenvalue weighted by Gasteiger charge is 2.10. The molecule has 1 heterocycles. The molecular formula is C9H7Cl2N3S. The molecule has 0 fully saturated rings. The summed E-state index contributed by atoms with van der Waals surface area (Å²) in [7, 11) is 1.80. The molecule has 1 aromatic heterocycles. The maximum absolute atomic E-state index is 5.93. The third-order valence-corrected chi connectivity index (χ3v) is 3.19. The van der Waals surface area contributed by atoms with Crippen LogP contribution in [0.4, 0.5) is 5.82 Å². The Morgan fingerprint density at radius 2 is 2.00 bits per heavy atom. The summed E-state index contributed by atoms with van der Waals surface area (Å²) >= 11 is 12.9. The summed E-state index contributed by atoms with van der Waals surface area (Å²) < 4.78 is 8.30. The number of nitrogens with one attached hydrogen (secondary N) is 1. The lowest BCUT2D eigenvalue weighted by Crippen LogP contribution is -1.90. The van der Waals surface area contributed by atoms with Crippen LogP contribution in [0.3, 0.4) is 0 Å². The average Bonchev–Trinajstić information content (AvgIpc) is 2.70. The van der Waals surface area contributed by atoms with Crippen LogP contribution >= 0.6 is 34.9 Å².